The van der Waals surface area contributed by atoms with Gasteiger partial charge in [-0.05, 0) is 55.9 Å². The lowest BCUT2D eigenvalue weighted by molar-refractivity contribution is -0.158. The summed E-state index contributed by atoms with van der Waals surface area (Å²) in [5.41, 5.74) is 1.21. The number of carboxylic acid groups (broad SMARTS) is 1. The topological polar surface area (TPSA) is 104 Å². The van der Waals surface area contributed by atoms with Crippen molar-refractivity contribution >= 4 is 11.9 Å². The summed E-state index contributed by atoms with van der Waals surface area (Å²) in [6.07, 6.45) is 7.97. The number of ether oxygens (including phenoxy) is 1. The second-order valence-corrected chi connectivity index (χ2v) is 8.69. The van der Waals surface area contributed by atoms with Crippen LogP contribution < -0.4 is 0 Å². The average Bonchev–Trinajstić information content (AvgIpc) is 2.66. The van der Waals surface area contributed by atoms with Gasteiger partial charge >= 0.3 is 11.9 Å². The number of hydrogen-bond acceptors (Lipinski definition) is 5. The fourth-order valence-corrected chi connectivity index (χ4v) is 4.49. The quantitative estimate of drug-likeness (QED) is 0.478. The number of carboxylic acids is 1. The van der Waals surface area contributed by atoms with Crippen molar-refractivity contribution in [3.05, 3.63) is 23.8 Å². The number of aliphatic hydroxyl groups is 2. The van der Waals surface area contributed by atoms with Crippen LogP contribution in [-0.4, -0.2) is 45.6 Å². The van der Waals surface area contributed by atoms with E-state index in [0.717, 1.165) is 25.7 Å². The zero-order valence-corrected chi connectivity index (χ0v) is 17.8. The molecule has 2 aliphatic carbocycles. The number of carbonyl (C=O) groups is 2. The lowest BCUT2D eigenvalue weighted by Crippen LogP contribution is -2.40. The first kappa shape index (κ1) is 23.6. The van der Waals surface area contributed by atoms with Gasteiger partial charge in [-0.1, -0.05) is 39.0 Å². The van der Waals surface area contributed by atoms with Gasteiger partial charge in [0.25, 0.3) is 0 Å². The lowest BCUT2D eigenvalue weighted by Gasteiger charge is -2.42. The molecule has 164 valence electrons. The minimum Gasteiger partial charge on any atom is -0.481 e. The Kier molecular flexibility index (Phi) is 8.90. The monoisotopic (exact) mass is 408 g/mol. The third kappa shape index (κ3) is 6.68. The van der Waals surface area contributed by atoms with Gasteiger partial charge < -0.3 is 20.1 Å². The van der Waals surface area contributed by atoms with Crippen LogP contribution in [0.15, 0.2) is 23.8 Å². The second-order valence-electron chi connectivity index (χ2n) is 8.69. The number of esters is 1. The number of aliphatic carboxylic acids is 1. The first-order chi connectivity index (χ1) is 13.7. The van der Waals surface area contributed by atoms with Crippen LogP contribution in [-0.2, 0) is 14.3 Å². The van der Waals surface area contributed by atoms with Gasteiger partial charge in [0.05, 0.1) is 24.5 Å². The summed E-state index contributed by atoms with van der Waals surface area (Å²) in [7, 11) is 0. The number of fused-ring (bicyclic) bond motifs is 1. The van der Waals surface area contributed by atoms with Crippen molar-refractivity contribution in [1.29, 1.82) is 0 Å². The van der Waals surface area contributed by atoms with Crippen molar-refractivity contribution in [3.8, 4) is 0 Å². The van der Waals surface area contributed by atoms with Crippen molar-refractivity contribution in [2.45, 2.75) is 84.0 Å². The minimum atomic E-state index is -1.07. The fraction of sp³-hybridized carbons (Fsp3) is 0.739. The molecule has 0 bridgehead atoms. The summed E-state index contributed by atoms with van der Waals surface area (Å²) in [6.45, 7) is 6.01. The Bertz CT molecular complexity index is 625. The Morgan fingerprint density at radius 2 is 2.00 bits per heavy atom. The molecule has 0 saturated carbocycles. The molecule has 0 aliphatic heterocycles. The van der Waals surface area contributed by atoms with E-state index in [-0.39, 0.29) is 48.6 Å². The van der Waals surface area contributed by atoms with E-state index in [0.29, 0.717) is 6.42 Å². The summed E-state index contributed by atoms with van der Waals surface area (Å²) in [5, 5.41) is 28.8. The molecule has 0 unspecified atom stereocenters. The molecular formula is C23H36O6. The number of aliphatic hydroxyl groups excluding tert-OH is 2. The molecule has 2 rings (SSSR count). The smallest absolute Gasteiger partial charge is 0.308 e. The van der Waals surface area contributed by atoms with Crippen LogP contribution in [0.2, 0.25) is 0 Å². The number of hydrogen-bond donors (Lipinski definition) is 3. The number of carbonyl (C=O) groups excluding carboxylic acids is 1. The molecule has 0 spiro atoms. The highest BCUT2D eigenvalue weighted by Crippen LogP contribution is 2.44. The largest absolute Gasteiger partial charge is 0.481 e. The van der Waals surface area contributed by atoms with Gasteiger partial charge in [-0.3, -0.25) is 9.59 Å². The van der Waals surface area contributed by atoms with Crippen molar-refractivity contribution in [2.24, 2.45) is 23.7 Å². The van der Waals surface area contributed by atoms with Gasteiger partial charge in [0.1, 0.15) is 6.10 Å². The van der Waals surface area contributed by atoms with E-state index in [2.05, 4.69) is 25.2 Å². The minimum absolute atomic E-state index is 0.0586. The maximum Gasteiger partial charge on any atom is 0.308 e. The highest BCUT2D eigenvalue weighted by molar-refractivity contribution is 5.72. The van der Waals surface area contributed by atoms with Crippen LogP contribution in [0.25, 0.3) is 0 Å². The molecule has 0 fully saturated rings. The lowest BCUT2D eigenvalue weighted by atomic mass is 9.66. The highest BCUT2D eigenvalue weighted by Gasteiger charge is 2.40. The summed E-state index contributed by atoms with van der Waals surface area (Å²) in [5.74, 6) is -0.691. The highest BCUT2D eigenvalue weighted by atomic mass is 16.5. The molecule has 0 heterocycles. The van der Waals surface area contributed by atoms with Gasteiger partial charge in [-0.2, -0.15) is 0 Å². The van der Waals surface area contributed by atoms with Gasteiger partial charge in [-0.25, -0.2) is 0 Å². The number of rotatable bonds is 10. The van der Waals surface area contributed by atoms with Gasteiger partial charge in [0, 0.05) is 5.92 Å². The summed E-state index contributed by atoms with van der Waals surface area (Å²) in [6, 6.07) is 0. The van der Waals surface area contributed by atoms with Crippen LogP contribution in [0.1, 0.15) is 65.7 Å². The van der Waals surface area contributed by atoms with Crippen LogP contribution in [0, 0.1) is 23.7 Å². The number of allylic oxidation sites excluding steroid dienone is 3. The predicted octanol–water partition coefficient (Wildman–Crippen LogP) is 3.47. The third-order valence-corrected chi connectivity index (χ3v) is 6.42. The van der Waals surface area contributed by atoms with Gasteiger partial charge in [-0.15, -0.1) is 0 Å². The Morgan fingerprint density at radius 1 is 1.28 bits per heavy atom. The Labute approximate surface area is 173 Å². The van der Waals surface area contributed by atoms with Crippen molar-refractivity contribution in [3.63, 3.8) is 0 Å². The standard InChI is InChI=1S/C23H36O6/c1-4-14(2)23(28)29-20-7-5-6-16-9-8-15(3)19(22(16)20)11-10-17(24)12-18(25)13-21(26)27/h6,8-9,14-15,17-20,22,24-25H,4-5,7,10-13H2,1-3H3,(H,26,27)/t14-,15-,17+,18-,19-,20-,22-/m0/s1. The van der Waals surface area contributed by atoms with E-state index in [1.54, 1.807) is 0 Å². The SMILES string of the molecule is CC[C@H](C)C(=O)O[C@H]1CCC=C2C=C[C@H](C)[C@H](CC[C@@H](O)C[C@H](O)CC(=O)O)[C@H]21. The first-order valence-corrected chi connectivity index (χ1v) is 10.9. The molecule has 0 amide bonds. The fourth-order valence-electron chi connectivity index (χ4n) is 4.49. The third-order valence-electron chi connectivity index (χ3n) is 6.42. The van der Waals surface area contributed by atoms with Crippen LogP contribution in [0.5, 0.6) is 0 Å². The van der Waals surface area contributed by atoms with E-state index in [4.69, 9.17) is 9.84 Å². The van der Waals surface area contributed by atoms with Gasteiger partial charge in [0.15, 0.2) is 0 Å². The Balaban J connectivity index is 2.03. The Morgan fingerprint density at radius 3 is 2.66 bits per heavy atom. The zero-order valence-electron chi connectivity index (χ0n) is 17.8. The predicted molar refractivity (Wildman–Crippen MR) is 110 cm³/mol. The van der Waals surface area contributed by atoms with E-state index in [1.165, 1.54) is 5.57 Å². The van der Waals surface area contributed by atoms with Crippen molar-refractivity contribution < 1.29 is 29.6 Å². The molecule has 29 heavy (non-hydrogen) atoms. The molecular weight excluding hydrogens is 372 g/mol. The molecule has 6 nitrogen and oxygen atoms in total. The zero-order chi connectivity index (χ0) is 21.6. The maximum atomic E-state index is 12.4. The summed E-state index contributed by atoms with van der Waals surface area (Å²) in [4.78, 5) is 23.1. The van der Waals surface area contributed by atoms with Gasteiger partial charge in [0.2, 0.25) is 0 Å². The molecule has 7 atom stereocenters. The van der Waals surface area contributed by atoms with Crippen molar-refractivity contribution in [2.75, 3.05) is 0 Å². The van der Waals surface area contributed by atoms with E-state index in [9.17, 15) is 19.8 Å². The van der Waals surface area contributed by atoms with Crippen LogP contribution >= 0.6 is 0 Å². The van der Waals surface area contributed by atoms with Crippen LogP contribution in [0.3, 0.4) is 0 Å². The van der Waals surface area contributed by atoms with E-state index in [1.807, 2.05) is 13.8 Å². The molecule has 0 aromatic carbocycles. The normalized spacial score (nSPS) is 29.3. The molecule has 0 aromatic heterocycles. The molecule has 0 saturated heterocycles. The molecule has 3 N–H and O–H groups in total. The van der Waals surface area contributed by atoms with Crippen molar-refractivity contribution in [1.82, 2.24) is 0 Å². The first-order valence-electron chi connectivity index (χ1n) is 10.9. The summed E-state index contributed by atoms with van der Waals surface area (Å²) < 4.78 is 5.93. The Hall–Kier alpha value is -1.66. The average molecular weight is 409 g/mol. The molecule has 0 aromatic rings. The molecule has 0 radical (unpaired) electrons. The molecule has 6 heteroatoms. The second kappa shape index (κ2) is 10.9. The summed E-state index contributed by atoms with van der Waals surface area (Å²) >= 11 is 0. The van der Waals surface area contributed by atoms with E-state index < -0.39 is 18.2 Å². The van der Waals surface area contributed by atoms with Crippen LogP contribution in [0.4, 0.5) is 0 Å². The van der Waals surface area contributed by atoms with E-state index >= 15 is 0 Å². The molecule has 2 aliphatic rings. The maximum absolute atomic E-state index is 12.4.